The van der Waals surface area contributed by atoms with Crippen molar-refractivity contribution in [1.82, 2.24) is 9.55 Å². The van der Waals surface area contributed by atoms with Crippen molar-refractivity contribution < 1.29 is 9.84 Å². The summed E-state index contributed by atoms with van der Waals surface area (Å²) in [7, 11) is 0. The van der Waals surface area contributed by atoms with Gasteiger partial charge in [0.2, 0.25) is 0 Å². The Morgan fingerprint density at radius 2 is 2.35 bits per heavy atom. The number of aliphatic hydroxyl groups excluding tert-OH is 1. The number of hydrogen-bond acceptors (Lipinski definition) is 4. The maximum atomic E-state index is 9.16. The Labute approximate surface area is 101 Å². The van der Waals surface area contributed by atoms with Gasteiger partial charge >= 0.3 is 0 Å². The molecule has 0 bridgehead atoms. The number of ether oxygens (including phenoxy) is 1. The molecule has 3 atom stereocenters. The molecular formula is C12H19N3O2. The van der Waals surface area contributed by atoms with Crippen LogP contribution in [-0.4, -0.2) is 34.0 Å². The standard InChI is InChI=1S/C12H19N3O2/c13-9(6-16)11-5-14-7-15(11)10-3-4-17-12(10)8-1-2-8/h5,7-10,12,16H,1-4,6,13H2. The van der Waals surface area contributed by atoms with Crippen LogP contribution in [0, 0.1) is 5.92 Å². The largest absolute Gasteiger partial charge is 0.394 e. The quantitative estimate of drug-likeness (QED) is 0.805. The summed E-state index contributed by atoms with van der Waals surface area (Å²) >= 11 is 0. The molecule has 1 aliphatic carbocycles. The lowest BCUT2D eigenvalue weighted by Crippen LogP contribution is -2.26. The molecule has 17 heavy (non-hydrogen) atoms. The van der Waals surface area contributed by atoms with Gasteiger partial charge in [0.1, 0.15) is 0 Å². The number of rotatable bonds is 4. The Balaban J connectivity index is 1.85. The van der Waals surface area contributed by atoms with Gasteiger partial charge in [-0.3, -0.25) is 0 Å². The lowest BCUT2D eigenvalue weighted by atomic mass is 10.1. The summed E-state index contributed by atoms with van der Waals surface area (Å²) in [5.41, 5.74) is 6.80. The van der Waals surface area contributed by atoms with E-state index in [0.29, 0.717) is 18.1 Å². The Kier molecular flexibility index (Phi) is 2.90. The molecule has 3 N–H and O–H groups in total. The SMILES string of the molecule is NC(CO)c1cncn1C1CCOC1C1CC1. The van der Waals surface area contributed by atoms with Crippen molar-refractivity contribution in [3.8, 4) is 0 Å². The molecule has 1 saturated heterocycles. The molecule has 5 nitrogen and oxygen atoms in total. The van der Waals surface area contributed by atoms with Gasteiger partial charge in [0.15, 0.2) is 0 Å². The van der Waals surface area contributed by atoms with E-state index in [1.165, 1.54) is 12.8 Å². The van der Waals surface area contributed by atoms with Crippen molar-refractivity contribution in [1.29, 1.82) is 0 Å². The minimum Gasteiger partial charge on any atom is -0.394 e. The lowest BCUT2D eigenvalue weighted by molar-refractivity contribution is 0.0741. The van der Waals surface area contributed by atoms with Crippen LogP contribution >= 0.6 is 0 Å². The highest BCUT2D eigenvalue weighted by Crippen LogP contribution is 2.43. The van der Waals surface area contributed by atoms with Crippen molar-refractivity contribution in [3.63, 3.8) is 0 Å². The third kappa shape index (κ3) is 1.99. The first-order valence-electron chi connectivity index (χ1n) is 6.31. The van der Waals surface area contributed by atoms with E-state index in [0.717, 1.165) is 18.7 Å². The Morgan fingerprint density at radius 1 is 1.53 bits per heavy atom. The molecule has 1 aromatic heterocycles. The minimum atomic E-state index is -0.349. The van der Waals surface area contributed by atoms with Crippen LogP contribution in [0.25, 0.3) is 0 Å². The Hall–Kier alpha value is -0.910. The summed E-state index contributed by atoms with van der Waals surface area (Å²) in [6.07, 6.45) is 7.45. The molecule has 2 fully saturated rings. The van der Waals surface area contributed by atoms with E-state index in [1.807, 2.05) is 6.33 Å². The first-order chi connectivity index (χ1) is 8.31. The fraction of sp³-hybridized carbons (Fsp3) is 0.750. The van der Waals surface area contributed by atoms with Crippen LogP contribution in [-0.2, 0) is 4.74 Å². The second-order valence-electron chi connectivity index (χ2n) is 5.04. The summed E-state index contributed by atoms with van der Waals surface area (Å²) in [6, 6.07) is -0.00412. The zero-order valence-electron chi connectivity index (χ0n) is 9.83. The van der Waals surface area contributed by atoms with E-state index in [4.69, 9.17) is 15.6 Å². The average Bonchev–Trinajstić information content (AvgIpc) is 2.91. The third-order valence-corrected chi connectivity index (χ3v) is 3.82. The fourth-order valence-corrected chi connectivity index (χ4v) is 2.75. The van der Waals surface area contributed by atoms with E-state index in [-0.39, 0.29) is 12.6 Å². The van der Waals surface area contributed by atoms with Crippen LogP contribution in [0.2, 0.25) is 0 Å². The van der Waals surface area contributed by atoms with Gasteiger partial charge < -0.3 is 20.1 Å². The summed E-state index contributed by atoms with van der Waals surface area (Å²) in [5, 5.41) is 9.16. The monoisotopic (exact) mass is 237 g/mol. The summed E-state index contributed by atoms with van der Waals surface area (Å²) in [4.78, 5) is 4.17. The van der Waals surface area contributed by atoms with E-state index in [9.17, 15) is 0 Å². The molecule has 0 amide bonds. The molecule has 3 unspecified atom stereocenters. The van der Waals surface area contributed by atoms with Gasteiger partial charge in [-0.2, -0.15) is 0 Å². The predicted molar refractivity (Wildman–Crippen MR) is 62.4 cm³/mol. The van der Waals surface area contributed by atoms with Gasteiger partial charge in [0.05, 0.1) is 36.8 Å². The highest BCUT2D eigenvalue weighted by Gasteiger charge is 2.42. The van der Waals surface area contributed by atoms with Gasteiger partial charge in [-0.15, -0.1) is 0 Å². The molecule has 1 saturated carbocycles. The predicted octanol–water partition coefficient (Wildman–Crippen LogP) is 0.615. The van der Waals surface area contributed by atoms with Crippen molar-refractivity contribution in [2.24, 2.45) is 11.7 Å². The topological polar surface area (TPSA) is 73.3 Å². The van der Waals surface area contributed by atoms with E-state index >= 15 is 0 Å². The molecule has 94 valence electrons. The molecule has 2 aliphatic rings. The number of hydrogen-bond donors (Lipinski definition) is 2. The third-order valence-electron chi connectivity index (χ3n) is 3.82. The van der Waals surface area contributed by atoms with Crippen LogP contribution in [0.1, 0.15) is 37.0 Å². The number of aromatic nitrogens is 2. The summed E-state index contributed by atoms with van der Waals surface area (Å²) < 4.78 is 7.94. The lowest BCUT2D eigenvalue weighted by Gasteiger charge is -2.23. The smallest absolute Gasteiger partial charge is 0.0952 e. The molecule has 2 heterocycles. The van der Waals surface area contributed by atoms with Gasteiger partial charge in [-0.05, 0) is 25.2 Å². The highest BCUT2D eigenvalue weighted by atomic mass is 16.5. The number of nitrogens with zero attached hydrogens (tertiary/aromatic N) is 2. The summed E-state index contributed by atoms with van der Waals surface area (Å²) in [5.74, 6) is 0.711. The molecule has 5 heteroatoms. The zero-order chi connectivity index (χ0) is 11.8. The second kappa shape index (κ2) is 4.40. The van der Waals surface area contributed by atoms with Crippen molar-refractivity contribution >= 4 is 0 Å². The van der Waals surface area contributed by atoms with E-state index in [1.54, 1.807) is 6.20 Å². The molecule has 0 radical (unpaired) electrons. The minimum absolute atomic E-state index is 0.0482. The maximum absolute atomic E-state index is 9.16. The fourth-order valence-electron chi connectivity index (χ4n) is 2.75. The van der Waals surface area contributed by atoms with Crippen LogP contribution in [0.4, 0.5) is 0 Å². The van der Waals surface area contributed by atoms with E-state index < -0.39 is 0 Å². The zero-order valence-corrected chi connectivity index (χ0v) is 9.83. The van der Waals surface area contributed by atoms with Crippen molar-refractivity contribution in [2.75, 3.05) is 13.2 Å². The number of imidazole rings is 1. The normalized spacial score (nSPS) is 30.7. The van der Waals surface area contributed by atoms with E-state index in [2.05, 4.69) is 9.55 Å². The molecular weight excluding hydrogens is 218 g/mol. The highest BCUT2D eigenvalue weighted by molar-refractivity contribution is 5.08. The Bertz CT molecular complexity index is 389. The molecule has 0 aromatic carbocycles. The van der Waals surface area contributed by atoms with Crippen LogP contribution in [0.5, 0.6) is 0 Å². The van der Waals surface area contributed by atoms with Crippen molar-refractivity contribution in [3.05, 3.63) is 18.2 Å². The van der Waals surface area contributed by atoms with Gasteiger partial charge in [-0.25, -0.2) is 4.98 Å². The first-order valence-corrected chi connectivity index (χ1v) is 6.31. The molecule has 0 spiro atoms. The van der Waals surface area contributed by atoms with Gasteiger partial charge in [0, 0.05) is 12.8 Å². The summed E-state index contributed by atoms with van der Waals surface area (Å²) in [6.45, 7) is 0.769. The molecule has 1 aliphatic heterocycles. The Morgan fingerprint density at radius 3 is 3.06 bits per heavy atom. The number of aliphatic hydroxyl groups is 1. The first kappa shape index (κ1) is 11.2. The van der Waals surface area contributed by atoms with Gasteiger partial charge in [-0.1, -0.05) is 0 Å². The van der Waals surface area contributed by atoms with Crippen LogP contribution in [0.3, 0.4) is 0 Å². The average molecular weight is 237 g/mol. The van der Waals surface area contributed by atoms with Crippen LogP contribution in [0.15, 0.2) is 12.5 Å². The van der Waals surface area contributed by atoms with Crippen LogP contribution < -0.4 is 5.73 Å². The molecule has 1 aromatic rings. The van der Waals surface area contributed by atoms with Gasteiger partial charge in [0.25, 0.3) is 0 Å². The van der Waals surface area contributed by atoms with Crippen molar-refractivity contribution in [2.45, 2.75) is 37.5 Å². The maximum Gasteiger partial charge on any atom is 0.0952 e. The second-order valence-corrected chi connectivity index (χ2v) is 5.04. The molecule has 3 rings (SSSR count). The number of nitrogens with two attached hydrogens (primary N) is 1.